The largest absolute Gasteiger partial charge is 0.494 e. The highest BCUT2D eigenvalue weighted by Crippen LogP contribution is 2.36. The van der Waals surface area contributed by atoms with Crippen LogP contribution in [0, 0.1) is 6.92 Å². The van der Waals surface area contributed by atoms with Crippen LogP contribution in [0.2, 0.25) is 0 Å². The number of rotatable bonds is 5. The van der Waals surface area contributed by atoms with Crippen LogP contribution in [0.4, 0.5) is 17.3 Å². The molecule has 0 spiro atoms. The highest BCUT2D eigenvalue weighted by Gasteiger charge is 2.29. The number of amides is 1. The Kier molecular flexibility index (Phi) is 5.16. The number of nitrogens with zero attached hydrogens (tertiary/aromatic N) is 3. The summed E-state index contributed by atoms with van der Waals surface area (Å²) in [4.78, 5) is 24.1. The normalized spacial score (nSPS) is 15.1. The Bertz CT molecular complexity index is 1030. The molecule has 0 radical (unpaired) electrons. The summed E-state index contributed by atoms with van der Waals surface area (Å²) in [6.45, 7) is 6.56. The summed E-state index contributed by atoms with van der Waals surface area (Å²) in [7, 11) is 0. The highest BCUT2D eigenvalue weighted by atomic mass is 16.5. The first kappa shape index (κ1) is 18.9. The predicted octanol–water partition coefficient (Wildman–Crippen LogP) is 4.52. The fourth-order valence-corrected chi connectivity index (χ4v) is 3.64. The number of hydrogen-bond donors (Lipinski definition) is 1. The lowest BCUT2D eigenvalue weighted by atomic mass is 10.1. The van der Waals surface area contributed by atoms with Crippen molar-refractivity contribution in [2.24, 2.45) is 0 Å². The van der Waals surface area contributed by atoms with Gasteiger partial charge in [0, 0.05) is 23.1 Å². The molecule has 1 unspecified atom stereocenters. The van der Waals surface area contributed by atoms with E-state index in [0.717, 1.165) is 23.6 Å². The Morgan fingerprint density at radius 3 is 2.69 bits per heavy atom. The lowest BCUT2D eigenvalue weighted by Crippen LogP contribution is -2.27. The number of fused-ring (bicyclic) bond motifs is 1. The number of benzene rings is 2. The number of carbonyl (C=O) groups is 1. The average molecular weight is 388 g/mol. The zero-order valence-corrected chi connectivity index (χ0v) is 16.8. The Labute approximate surface area is 170 Å². The molecule has 2 aromatic carbocycles. The number of carbonyl (C=O) groups excluding carboxylic acids is 1. The van der Waals surface area contributed by atoms with Crippen molar-refractivity contribution < 1.29 is 9.53 Å². The summed E-state index contributed by atoms with van der Waals surface area (Å²) in [5.74, 6) is 1.06. The molecule has 148 valence electrons. The van der Waals surface area contributed by atoms with Crippen molar-refractivity contribution in [3.05, 3.63) is 71.5 Å². The molecule has 1 atom stereocenters. The molecule has 0 saturated heterocycles. The molecule has 1 aliphatic rings. The number of aryl methyl sites for hydroxylation is 1. The van der Waals surface area contributed by atoms with Crippen molar-refractivity contribution in [3.63, 3.8) is 0 Å². The van der Waals surface area contributed by atoms with Gasteiger partial charge in [0.1, 0.15) is 11.4 Å². The minimum Gasteiger partial charge on any atom is -0.494 e. The summed E-state index contributed by atoms with van der Waals surface area (Å²) in [6.07, 6.45) is 0.932. The maximum absolute atomic E-state index is 12.8. The van der Waals surface area contributed by atoms with Gasteiger partial charge in [0.25, 0.3) is 5.91 Å². The fraction of sp³-hybridized carbons (Fsp3) is 0.261. The first-order valence-corrected chi connectivity index (χ1v) is 9.82. The summed E-state index contributed by atoms with van der Waals surface area (Å²) < 4.78 is 5.44. The van der Waals surface area contributed by atoms with Crippen LogP contribution < -0.4 is 15.0 Å². The van der Waals surface area contributed by atoms with Crippen molar-refractivity contribution in [3.8, 4) is 5.75 Å². The van der Waals surface area contributed by atoms with Crippen LogP contribution in [0.5, 0.6) is 5.75 Å². The molecule has 1 aromatic heterocycles. The molecule has 1 N–H and O–H groups in total. The van der Waals surface area contributed by atoms with Crippen molar-refractivity contribution in [1.82, 2.24) is 9.97 Å². The van der Waals surface area contributed by atoms with Crippen LogP contribution in [0.15, 0.2) is 54.6 Å². The molecule has 0 fully saturated rings. The summed E-state index contributed by atoms with van der Waals surface area (Å²) in [5.41, 5.74) is 4.16. The van der Waals surface area contributed by atoms with Crippen molar-refractivity contribution in [1.29, 1.82) is 0 Å². The van der Waals surface area contributed by atoms with Crippen LogP contribution in [0.1, 0.15) is 35.6 Å². The van der Waals surface area contributed by atoms with E-state index in [1.807, 2.05) is 50.2 Å². The Morgan fingerprint density at radius 1 is 1.17 bits per heavy atom. The van der Waals surface area contributed by atoms with Gasteiger partial charge in [-0.15, -0.1) is 0 Å². The molecular formula is C23H24N4O2. The van der Waals surface area contributed by atoms with E-state index >= 15 is 0 Å². The minimum atomic E-state index is -0.263. The van der Waals surface area contributed by atoms with Gasteiger partial charge in [-0.25, -0.2) is 9.97 Å². The fourth-order valence-electron chi connectivity index (χ4n) is 3.64. The number of nitrogens with one attached hydrogen (secondary N) is 1. The number of aromatic nitrogens is 2. The van der Waals surface area contributed by atoms with E-state index < -0.39 is 0 Å². The van der Waals surface area contributed by atoms with E-state index in [4.69, 9.17) is 4.74 Å². The second-order valence-corrected chi connectivity index (χ2v) is 7.16. The molecule has 4 rings (SSSR count). The quantitative estimate of drug-likeness (QED) is 0.696. The zero-order valence-electron chi connectivity index (χ0n) is 16.8. The Hall–Kier alpha value is -3.41. The van der Waals surface area contributed by atoms with Crippen molar-refractivity contribution in [2.75, 3.05) is 16.8 Å². The number of para-hydroxylation sites is 1. The van der Waals surface area contributed by atoms with E-state index in [9.17, 15) is 4.79 Å². The third-order valence-electron chi connectivity index (χ3n) is 4.92. The van der Waals surface area contributed by atoms with E-state index in [-0.39, 0.29) is 11.9 Å². The zero-order chi connectivity index (χ0) is 20.4. The van der Waals surface area contributed by atoms with Gasteiger partial charge in [0.15, 0.2) is 0 Å². The maximum Gasteiger partial charge on any atom is 0.274 e. The average Bonchev–Trinajstić information content (AvgIpc) is 3.05. The predicted molar refractivity (Wildman–Crippen MR) is 114 cm³/mol. The number of hydrogen-bond acceptors (Lipinski definition) is 5. The monoisotopic (exact) mass is 388 g/mol. The first-order valence-electron chi connectivity index (χ1n) is 9.82. The third-order valence-corrected chi connectivity index (χ3v) is 4.92. The van der Waals surface area contributed by atoms with Crippen molar-refractivity contribution in [2.45, 2.75) is 33.2 Å². The van der Waals surface area contributed by atoms with Gasteiger partial charge in [0.05, 0.1) is 6.61 Å². The Balaban J connectivity index is 1.59. The molecule has 0 bridgehead atoms. The van der Waals surface area contributed by atoms with Crippen LogP contribution in [0.3, 0.4) is 0 Å². The number of anilines is 3. The topological polar surface area (TPSA) is 67.3 Å². The minimum absolute atomic E-state index is 0.233. The highest BCUT2D eigenvalue weighted by molar-refractivity contribution is 6.03. The summed E-state index contributed by atoms with van der Waals surface area (Å²) in [6, 6.07) is 17.5. The molecule has 29 heavy (non-hydrogen) atoms. The van der Waals surface area contributed by atoms with Gasteiger partial charge < -0.3 is 15.0 Å². The van der Waals surface area contributed by atoms with E-state index in [1.165, 1.54) is 5.56 Å². The molecule has 0 saturated carbocycles. The molecule has 0 aliphatic carbocycles. The van der Waals surface area contributed by atoms with Crippen LogP contribution in [-0.2, 0) is 6.42 Å². The lowest BCUT2D eigenvalue weighted by Gasteiger charge is -2.23. The van der Waals surface area contributed by atoms with Gasteiger partial charge in [-0.3, -0.25) is 4.79 Å². The molecular weight excluding hydrogens is 364 g/mol. The molecule has 6 heteroatoms. The molecule has 1 amide bonds. The van der Waals surface area contributed by atoms with E-state index in [0.29, 0.717) is 23.9 Å². The molecule has 6 nitrogen and oxygen atoms in total. The SMILES string of the molecule is CCOc1ccc(NC(=O)c2cc(C)nc(N3c4ccccc4CC3C)n2)cc1. The lowest BCUT2D eigenvalue weighted by molar-refractivity contribution is 0.102. The van der Waals surface area contributed by atoms with Gasteiger partial charge in [0.2, 0.25) is 5.95 Å². The standard InChI is InChI=1S/C23H24N4O2/c1-4-29-19-11-9-18(10-12-19)25-22(28)20-13-15(2)24-23(26-20)27-16(3)14-17-7-5-6-8-21(17)27/h5-13,16H,4,14H2,1-3H3,(H,25,28). The van der Waals surface area contributed by atoms with Crippen LogP contribution in [0.25, 0.3) is 0 Å². The van der Waals surface area contributed by atoms with Gasteiger partial charge in [-0.2, -0.15) is 0 Å². The molecule has 3 aromatic rings. The van der Waals surface area contributed by atoms with Gasteiger partial charge >= 0.3 is 0 Å². The molecule has 2 heterocycles. The second-order valence-electron chi connectivity index (χ2n) is 7.16. The Morgan fingerprint density at radius 2 is 1.93 bits per heavy atom. The molecule has 1 aliphatic heterocycles. The third kappa shape index (κ3) is 3.92. The van der Waals surface area contributed by atoms with Crippen molar-refractivity contribution >= 4 is 23.2 Å². The number of ether oxygens (including phenoxy) is 1. The smallest absolute Gasteiger partial charge is 0.274 e. The second kappa shape index (κ2) is 7.91. The van der Waals surface area contributed by atoms with Crippen LogP contribution >= 0.6 is 0 Å². The van der Waals surface area contributed by atoms with Crippen LogP contribution in [-0.4, -0.2) is 28.5 Å². The first-order chi connectivity index (χ1) is 14.0. The van der Waals surface area contributed by atoms with E-state index in [2.05, 4.69) is 39.2 Å². The van der Waals surface area contributed by atoms with E-state index in [1.54, 1.807) is 6.07 Å². The van der Waals surface area contributed by atoms with Gasteiger partial charge in [-0.1, -0.05) is 18.2 Å². The van der Waals surface area contributed by atoms with Gasteiger partial charge in [-0.05, 0) is 69.2 Å². The summed E-state index contributed by atoms with van der Waals surface area (Å²) in [5, 5.41) is 2.90. The maximum atomic E-state index is 12.8. The summed E-state index contributed by atoms with van der Waals surface area (Å²) >= 11 is 0.